The molecule has 6 heteroatoms. The van der Waals surface area contributed by atoms with Crippen LogP contribution < -0.4 is 0 Å². The van der Waals surface area contributed by atoms with Gasteiger partial charge in [-0.05, 0) is 45.6 Å². The van der Waals surface area contributed by atoms with Gasteiger partial charge in [-0.3, -0.25) is 4.79 Å². The Morgan fingerprint density at radius 2 is 2.21 bits per heavy atom. The number of rotatable bonds is 5. The molecule has 19 heavy (non-hydrogen) atoms. The smallest absolute Gasteiger partial charge is 0.331 e. The predicted octanol–water partition coefficient (Wildman–Crippen LogP) is 3.54. The molecule has 2 aromatic heterocycles. The van der Waals surface area contributed by atoms with Crippen molar-refractivity contribution in [2.45, 2.75) is 0 Å². The Morgan fingerprint density at radius 1 is 1.37 bits per heavy atom. The molecule has 0 aromatic carbocycles. The third-order valence-electron chi connectivity index (χ3n) is 2.12. The summed E-state index contributed by atoms with van der Waals surface area (Å²) in [6.07, 6.45) is 2.69. The summed E-state index contributed by atoms with van der Waals surface area (Å²) >= 11 is 4.47. The van der Waals surface area contributed by atoms with E-state index >= 15 is 0 Å². The van der Waals surface area contributed by atoms with Gasteiger partial charge >= 0.3 is 5.97 Å². The first kappa shape index (κ1) is 13.8. The van der Waals surface area contributed by atoms with Crippen LogP contribution in [0.4, 0.5) is 0 Å². The van der Waals surface area contributed by atoms with Crippen LogP contribution in [0.3, 0.4) is 0 Å². The first-order valence-corrected chi connectivity index (χ1v) is 6.99. The molecule has 0 spiro atoms. The molecular weight excluding hydrogens is 332 g/mol. The molecule has 0 N–H and O–H groups in total. The molecule has 0 unspecified atom stereocenters. The van der Waals surface area contributed by atoms with Crippen LogP contribution in [0.15, 0.2) is 44.8 Å². The van der Waals surface area contributed by atoms with E-state index in [0.717, 1.165) is 0 Å². The van der Waals surface area contributed by atoms with Crippen LogP contribution >= 0.6 is 27.3 Å². The molecule has 0 aliphatic heterocycles. The second-order valence-corrected chi connectivity index (χ2v) is 5.21. The van der Waals surface area contributed by atoms with E-state index in [1.54, 1.807) is 29.6 Å². The number of ketones is 1. The van der Waals surface area contributed by atoms with E-state index in [0.29, 0.717) is 15.3 Å². The average Bonchev–Trinajstić information content (AvgIpc) is 3.04. The van der Waals surface area contributed by atoms with Gasteiger partial charge in [-0.2, -0.15) is 0 Å². The summed E-state index contributed by atoms with van der Waals surface area (Å²) in [5.74, 6) is -0.275. The standard InChI is InChI=1S/C13H9BrO4S/c14-12-5-3-9(18-12)4-6-13(16)17-8-10(15)11-2-1-7-19-11/h1-7H,8H2/b6-4+. The highest BCUT2D eigenvalue weighted by molar-refractivity contribution is 9.10. The highest BCUT2D eigenvalue weighted by Gasteiger charge is 2.09. The van der Waals surface area contributed by atoms with Crippen molar-refractivity contribution in [3.05, 3.63) is 51.0 Å². The number of hydrogen-bond donors (Lipinski definition) is 0. The minimum atomic E-state index is -0.586. The van der Waals surface area contributed by atoms with Gasteiger partial charge in [0.15, 0.2) is 11.3 Å². The number of Topliss-reactive ketones (excluding diaryl/α,β-unsaturated/α-hetero) is 1. The third kappa shape index (κ3) is 4.18. The quantitative estimate of drug-likeness (QED) is 0.474. The minimum Gasteiger partial charge on any atom is -0.454 e. The van der Waals surface area contributed by atoms with E-state index in [9.17, 15) is 9.59 Å². The summed E-state index contributed by atoms with van der Waals surface area (Å²) in [5, 5.41) is 1.80. The molecule has 0 atom stereocenters. The molecule has 0 radical (unpaired) electrons. The van der Waals surface area contributed by atoms with Gasteiger partial charge in [0, 0.05) is 6.08 Å². The van der Waals surface area contributed by atoms with E-state index < -0.39 is 5.97 Å². The lowest BCUT2D eigenvalue weighted by Crippen LogP contribution is -2.11. The Kier molecular flexibility index (Phi) is 4.70. The van der Waals surface area contributed by atoms with E-state index in [1.807, 2.05) is 0 Å². The van der Waals surface area contributed by atoms with Gasteiger partial charge in [0.25, 0.3) is 0 Å². The van der Waals surface area contributed by atoms with Crippen molar-refractivity contribution in [1.29, 1.82) is 0 Å². The summed E-state index contributed by atoms with van der Waals surface area (Å²) in [4.78, 5) is 23.5. The number of furan rings is 1. The van der Waals surface area contributed by atoms with Crippen LogP contribution in [0.25, 0.3) is 6.08 Å². The van der Waals surface area contributed by atoms with Crippen molar-refractivity contribution in [3.8, 4) is 0 Å². The SMILES string of the molecule is O=C(/C=C/c1ccc(Br)o1)OCC(=O)c1cccs1. The molecule has 0 saturated heterocycles. The zero-order valence-corrected chi connectivity index (χ0v) is 12.1. The highest BCUT2D eigenvalue weighted by Crippen LogP contribution is 2.15. The molecule has 4 nitrogen and oxygen atoms in total. The van der Waals surface area contributed by atoms with Crippen molar-refractivity contribution in [1.82, 2.24) is 0 Å². The van der Waals surface area contributed by atoms with Gasteiger partial charge in [-0.25, -0.2) is 4.79 Å². The molecule has 2 heterocycles. The lowest BCUT2D eigenvalue weighted by molar-refractivity contribution is -0.136. The van der Waals surface area contributed by atoms with Crippen molar-refractivity contribution in [2.75, 3.05) is 6.61 Å². The van der Waals surface area contributed by atoms with Crippen LogP contribution in [0.5, 0.6) is 0 Å². The number of esters is 1. The normalized spacial score (nSPS) is 10.8. The van der Waals surface area contributed by atoms with E-state index in [4.69, 9.17) is 9.15 Å². The molecule has 0 saturated carbocycles. The van der Waals surface area contributed by atoms with Crippen molar-refractivity contribution >= 4 is 45.1 Å². The molecular formula is C13H9BrO4S. The van der Waals surface area contributed by atoms with Gasteiger partial charge in [0.2, 0.25) is 5.78 Å². The topological polar surface area (TPSA) is 56.5 Å². The van der Waals surface area contributed by atoms with Gasteiger partial charge in [0.05, 0.1) is 4.88 Å². The fourth-order valence-corrected chi connectivity index (χ4v) is 2.23. The number of carbonyl (C=O) groups is 2. The van der Waals surface area contributed by atoms with Crippen molar-refractivity contribution in [3.63, 3.8) is 0 Å². The Labute approximate surface area is 121 Å². The van der Waals surface area contributed by atoms with Gasteiger partial charge in [-0.15, -0.1) is 11.3 Å². The predicted molar refractivity (Wildman–Crippen MR) is 75.1 cm³/mol. The van der Waals surface area contributed by atoms with Crippen molar-refractivity contribution < 1.29 is 18.7 Å². The molecule has 2 rings (SSSR count). The van der Waals surface area contributed by atoms with E-state index in [-0.39, 0.29) is 12.4 Å². The first-order chi connectivity index (χ1) is 9.15. The maximum atomic E-state index is 11.6. The Hall–Kier alpha value is -1.66. The maximum Gasteiger partial charge on any atom is 0.331 e. The summed E-state index contributed by atoms with van der Waals surface area (Å²) in [5.41, 5.74) is 0. The third-order valence-corrected chi connectivity index (χ3v) is 3.46. The second-order valence-electron chi connectivity index (χ2n) is 3.48. The number of ether oxygens (including phenoxy) is 1. The van der Waals surface area contributed by atoms with Gasteiger partial charge in [0.1, 0.15) is 5.76 Å². The molecule has 98 valence electrons. The molecule has 0 aliphatic rings. The fraction of sp³-hybridized carbons (Fsp3) is 0.0769. The zero-order chi connectivity index (χ0) is 13.7. The summed E-state index contributed by atoms with van der Waals surface area (Å²) < 4.78 is 10.6. The number of thiophene rings is 1. The van der Waals surface area contributed by atoms with Crippen LogP contribution in [0.2, 0.25) is 0 Å². The molecule has 0 amide bonds. The lowest BCUT2D eigenvalue weighted by atomic mass is 10.3. The minimum absolute atomic E-state index is 0.211. The summed E-state index contributed by atoms with van der Waals surface area (Å²) in [7, 11) is 0. The Bertz CT molecular complexity index is 598. The fourth-order valence-electron chi connectivity index (χ4n) is 1.26. The van der Waals surface area contributed by atoms with Crippen molar-refractivity contribution in [2.24, 2.45) is 0 Å². The maximum absolute atomic E-state index is 11.6. The molecule has 2 aromatic rings. The molecule has 0 fully saturated rings. The number of hydrogen-bond acceptors (Lipinski definition) is 5. The van der Waals surface area contributed by atoms with Gasteiger partial charge in [-0.1, -0.05) is 6.07 Å². The number of halogens is 1. The van der Waals surface area contributed by atoms with Gasteiger partial charge < -0.3 is 9.15 Å². The first-order valence-electron chi connectivity index (χ1n) is 5.32. The average molecular weight is 341 g/mol. The monoisotopic (exact) mass is 340 g/mol. The zero-order valence-electron chi connectivity index (χ0n) is 9.67. The largest absolute Gasteiger partial charge is 0.454 e. The van der Waals surface area contributed by atoms with Crippen LogP contribution in [0.1, 0.15) is 15.4 Å². The van der Waals surface area contributed by atoms with Crippen LogP contribution in [-0.4, -0.2) is 18.4 Å². The molecule has 0 bridgehead atoms. The number of carbonyl (C=O) groups excluding carboxylic acids is 2. The lowest BCUT2D eigenvalue weighted by Gasteiger charge is -1.98. The van der Waals surface area contributed by atoms with Crippen LogP contribution in [0, 0.1) is 0 Å². The summed E-state index contributed by atoms with van der Waals surface area (Å²) in [6.45, 7) is -0.258. The van der Waals surface area contributed by atoms with Crippen LogP contribution in [-0.2, 0) is 9.53 Å². The second kappa shape index (κ2) is 6.49. The highest BCUT2D eigenvalue weighted by atomic mass is 79.9. The summed E-state index contributed by atoms with van der Waals surface area (Å²) in [6, 6.07) is 6.88. The Morgan fingerprint density at radius 3 is 2.84 bits per heavy atom. The van der Waals surface area contributed by atoms with E-state index in [1.165, 1.54) is 23.5 Å². The molecule has 0 aliphatic carbocycles. The Balaban J connectivity index is 1.82. The van der Waals surface area contributed by atoms with E-state index in [2.05, 4.69) is 15.9 Å².